The monoisotopic (exact) mass is 474 g/mol. The second-order valence-corrected chi connectivity index (χ2v) is 8.36. The van der Waals surface area contributed by atoms with Crippen molar-refractivity contribution in [3.8, 4) is 11.5 Å². The first-order chi connectivity index (χ1) is 16.6. The van der Waals surface area contributed by atoms with Crippen LogP contribution in [0.2, 0.25) is 0 Å². The van der Waals surface area contributed by atoms with E-state index in [0.29, 0.717) is 11.3 Å². The molecule has 0 fully saturated rings. The first-order valence-electron chi connectivity index (χ1n) is 11.5. The summed E-state index contributed by atoms with van der Waals surface area (Å²) in [4.78, 5) is 24.2. The highest BCUT2D eigenvalue weighted by Crippen LogP contribution is 2.28. The average molecular weight is 475 g/mol. The normalized spacial score (nSPS) is 13.2. The third-order valence-electron chi connectivity index (χ3n) is 5.49. The standard InChI is InChI=1S/C30H34O5/c1-20(16-17-27-22(3)19-28(33-7)24(5)23(27)4)12-11-13-21(2)18-29(31)34-25(6)30(32)35-26-14-9-8-10-15-26/h8-19,25H,1-7H3/b13-11+,17-16+,20-12+,21-18+. The van der Waals surface area contributed by atoms with Crippen molar-refractivity contribution in [3.05, 3.63) is 100 Å². The van der Waals surface area contributed by atoms with Crippen molar-refractivity contribution in [3.63, 3.8) is 0 Å². The van der Waals surface area contributed by atoms with E-state index in [1.54, 1.807) is 44.4 Å². The summed E-state index contributed by atoms with van der Waals surface area (Å²) in [5.74, 6) is 0.0643. The number of allylic oxidation sites excluding steroid dienone is 6. The van der Waals surface area contributed by atoms with Gasteiger partial charge in [0.15, 0.2) is 6.10 Å². The van der Waals surface area contributed by atoms with E-state index in [-0.39, 0.29) is 0 Å². The summed E-state index contributed by atoms with van der Waals surface area (Å²) in [7, 11) is 1.69. The van der Waals surface area contributed by atoms with Crippen LogP contribution in [-0.4, -0.2) is 25.2 Å². The van der Waals surface area contributed by atoms with Crippen molar-refractivity contribution in [1.29, 1.82) is 0 Å². The Hall–Kier alpha value is -3.86. The lowest BCUT2D eigenvalue weighted by atomic mass is 9.96. The number of aryl methyl sites for hydroxylation is 1. The third-order valence-corrected chi connectivity index (χ3v) is 5.49. The zero-order chi connectivity index (χ0) is 26.0. The van der Waals surface area contributed by atoms with E-state index in [4.69, 9.17) is 14.2 Å². The highest BCUT2D eigenvalue weighted by molar-refractivity contribution is 5.87. The zero-order valence-electron chi connectivity index (χ0n) is 21.5. The molecule has 0 aliphatic rings. The Morgan fingerprint density at radius 3 is 2.29 bits per heavy atom. The summed E-state index contributed by atoms with van der Waals surface area (Å²) >= 11 is 0. The topological polar surface area (TPSA) is 61.8 Å². The maximum absolute atomic E-state index is 12.1. The minimum absolute atomic E-state index is 0.402. The van der Waals surface area contributed by atoms with Gasteiger partial charge in [-0.3, -0.25) is 0 Å². The van der Waals surface area contributed by atoms with Gasteiger partial charge in [0.1, 0.15) is 11.5 Å². The Morgan fingerprint density at radius 2 is 1.63 bits per heavy atom. The Labute approximate surface area is 208 Å². The largest absolute Gasteiger partial charge is 0.496 e. The summed E-state index contributed by atoms with van der Waals surface area (Å²) in [6, 6.07) is 10.7. The molecular formula is C30H34O5. The number of hydrogen-bond acceptors (Lipinski definition) is 5. The molecule has 1 unspecified atom stereocenters. The minimum atomic E-state index is -1.02. The van der Waals surface area contributed by atoms with E-state index in [2.05, 4.69) is 39.0 Å². The molecule has 2 aromatic carbocycles. The first-order valence-corrected chi connectivity index (χ1v) is 11.5. The summed E-state index contributed by atoms with van der Waals surface area (Å²) in [5.41, 5.74) is 6.42. The zero-order valence-corrected chi connectivity index (χ0v) is 21.5. The van der Waals surface area contributed by atoms with Crippen LogP contribution in [0.4, 0.5) is 0 Å². The van der Waals surface area contributed by atoms with Crippen LogP contribution in [0.15, 0.2) is 77.9 Å². The fourth-order valence-corrected chi connectivity index (χ4v) is 3.33. The molecule has 0 aliphatic heterocycles. The van der Waals surface area contributed by atoms with Crippen molar-refractivity contribution < 1.29 is 23.8 Å². The molecule has 5 heteroatoms. The van der Waals surface area contributed by atoms with Gasteiger partial charge in [0.25, 0.3) is 0 Å². The van der Waals surface area contributed by atoms with E-state index in [0.717, 1.165) is 22.4 Å². The Kier molecular flexibility index (Phi) is 10.3. The molecule has 0 bridgehead atoms. The summed E-state index contributed by atoms with van der Waals surface area (Å²) in [6.45, 7) is 11.5. The number of esters is 2. The molecule has 1 atom stereocenters. The molecule has 0 radical (unpaired) electrons. The lowest BCUT2D eigenvalue weighted by Crippen LogP contribution is -2.27. The summed E-state index contributed by atoms with van der Waals surface area (Å²) in [5, 5.41) is 0. The van der Waals surface area contributed by atoms with Gasteiger partial charge in [-0.25, -0.2) is 9.59 Å². The highest BCUT2D eigenvalue weighted by atomic mass is 16.6. The van der Waals surface area contributed by atoms with Gasteiger partial charge in [-0.2, -0.15) is 0 Å². The molecule has 0 saturated heterocycles. The Bertz CT molecular complexity index is 1170. The van der Waals surface area contributed by atoms with Crippen LogP contribution in [0, 0.1) is 20.8 Å². The molecule has 184 valence electrons. The highest BCUT2D eigenvalue weighted by Gasteiger charge is 2.19. The van der Waals surface area contributed by atoms with Gasteiger partial charge >= 0.3 is 11.9 Å². The van der Waals surface area contributed by atoms with Crippen LogP contribution in [0.25, 0.3) is 6.08 Å². The fourth-order valence-electron chi connectivity index (χ4n) is 3.33. The molecule has 35 heavy (non-hydrogen) atoms. The molecular weight excluding hydrogens is 440 g/mol. The Morgan fingerprint density at radius 1 is 0.943 bits per heavy atom. The van der Waals surface area contributed by atoms with Gasteiger partial charge in [-0.15, -0.1) is 0 Å². The van der Waals surface area contributed by atoms with Gasteiger partial charge < -0.3 is 14.2 Å². The molecule has 0 N–H and O–H groups in total. The first kappa shape index (κ1) is 27.4. The van der Waals surface area contributed by atoms with Gasteiger partial charge in [0.05, 0.1) is 7.11 Å². The quantitative estimate of drug-likeness (QED) is 0.177. The van der Waals surface area contributed by atoms with Crippen LogP contribution in [0.1, 0.15) is 43.0 Å². The van der Waals surface area contributed by atoms with Crippen LogP contribution in [0.3, 0.4) is 0 Å². The number of ether oxygens (including phenoxy) is 3. The van der Waals surface area contributed by atoms with Crippen molar-refractivity contribution in [2.45, 2.75) is 47.6 Å². The van der Waals surface area contributed by atoms with Crippen molar-refractivity contribution in [1.82, 2.24) is 0 Å². The molecule has 0 saturated carbocycles. The summed E-state index contributed by atoms with van der Waals surface area (Å²) in [6.07, 6.45) is 10.1. The number of para-hydroxylation sites is 1. The molecule has 0 aromatic heterocycles. The molecule has 5 nitrogen and oxygen atoms in total. The molecule has 0 heterocycles. The maximum atomic E-state index is 12.1. The number of benzene rings is 2. The van der Waals surface area contributed by atoms with Gasteiger partial charge in [0.2, 0.25) is 0 Å². The molecule has 2 rings (SSSR count). The molecule has 0 amide bonds. The minimum Gasteiger partial charge on any atom is -0.496 e. The van der Waals surface area contributed by atoms with E-state index in [1.165, 1.54) is 24.1 Å². The van der Waals surface area contributed by atoms with E-state index in [9.17, 15) is 9.59 Å². The number of carbonyl (C=O) groups excluding carboxylic acids is 2. The fraction of sp³-hybridized carbons (Fsp3) is 0.267. The van der Waals surface area contributed by atoms with Gasteiger partial charge in [-0.05, 0) is 87.6 Å². The predicted octanol–water partition coefficient (Wildman–Crippen LogP) is 6.62. The van der Waals surface area contributed by atoms with Crippen LogP contribution in [0.5, 0.6) is 11.5 Å². The van der Waals surface area contributed by atoms with Gasteiger partial charge in [0, 0.05) is 6.08 Å². The second-order valence-electron chi connectivity index (χ2n) is 8.36. The van der Waals surface area contributed by atoms with Crippen LogP contribution in [-0.2, 0) is 14.3 Å². The number of methoxy groups -OCH3 is 1. The van der Waals surface area contributed by atoms with Crippen molar-refractivity contribution >= 4 is 18.0 Å². The maximum Gasteiger partial charge on any atom is 0.352 e. The second kappa shape index (κ2) is 13.1. The molecule has 2 aromatic rings. The molecule has 0 spiro atoms. The van der Waals surface area contributed by atoms with Crippen LogP contribution >= 0.6 is 0 Å². The predicted molar refractivity (Wildman–Crippen MR) is 141 cm³/mol. The SMILES string of the molecule is COc1cc(C)c(/C=C/C(C)=C/C=C/C(C)=C/C(=O)OC(C)C(=O)Oc2ccccc2)c(C)c1C. The van der Waals surface area contributed by atoms with E-state index >= 15 is 0 Å². The lowest BCUT2D eigenvalue weighted by Gasteiger charge is -2.13. The van der Waals surface area contributed by atoms with Crippen LogP contribution < -0.4 is 9.47 Å². The van der Waals surface area contributed by atoms with E-state index < -0.39 is 18.0 Å². The average Bonchev–Trinajstić information content (AvgIpc) is 2.81. The third kappa shape index (κ3) is 8.45. The van der Waals surface area contributed by atoms with Crippen molar-refractivity contribution in [2.75, 3.05) is 7.11 Å². The smallest absolute Gasteiger partial charge is 0.352 e. The Balaban J connectivity index is 1.95. The van der Waals surface area contributed by atoms with Gasteiger partial charge in [-0.1, -0.05) is 54.2 Å². The number of rotatable bonds is 9. The van der Waals surface area contributed by atoms with E-state index in [1.807, 2.05) is 25.1 Å². The summed E-state index contributed by atoms with van der Waals surface area (Å²) < 4.78 is 15.8. The molecule has 0 aliphatic carbocycles. The number of carbonyl (C=O) groups is 2. The number of hydrogen-bond donors (Lipinski definition) is 0. The van der Waals surface area contributed by atoms with Crippen molar-refractivity contribution in [2.24, 2.45) is 0 Å². The lowest BCUT2D eigenvalue weighted by molar-refractivity contribution is -0.157.